The molecule has 0 bridgehead atoms. The highest BCUT2D eigenvalue weighted by Gasteiger charge is 2.28. The second-order valence-electron chi connectivity index (χ2n) is 8.41. The first-order valence-electron chi connectivity index (χ1n) is 11.2. The number of ether oxygens (including phenoxy) is 1. The summed E-state index contributed by atoms with van der Waals surface area (Å²) >= 11 is 0. The number of guanidine groups is 1. The van der Waals surface area contributed by atoms with Crippen molar-refractivity contribution in [2.24, 2.45) is 0 Å². The van der Waals surface area contributed by atoms with E-state index in [-0.39, 0.29) is 11.7 Å². The summed E-state index contributed by atoms with van der Waals surface area (Å²) in [4.78, 5) is 4.10. The maximum absolute atomic E-state index is 14.9. The first-order chi connectivity index (χ1) is 15.6. The molecule has 1 N–H and O–H groups in total. The number of nitrogens with zero attached hydrogens (tertiary/aromatic N) is 4. The standard InChI is InChI=1S/C25H28FN5O/c1-18(20-8-9-21(22(26)16-20)19-6-3-2-4-7-19)23-17-24-30(10-5-11-31(24)28-23)25(27)29-12-14-32-15-13-29/h2-4,6-9,16-18,27H,5,10-15H2,1H3. The maximum atomic E-state index is 14.9. The number of aromatic nitrogens is 2. The third-order valence-corrected chi connectivity index (χ3v) is 6.39. The summed E-state index contributed by atoms with van der Waals surface area (Å²) in [6.07, 6.45) is 0.940. The van der Waals surface area contributed by atoms with E-state index in [1.165, 1.54) is 0 Å². The molecule has 1 atom stereocenters. The van der Waals surface area contributed by atoms with E-state index in [1.807, 2.05) is 52.0 Å². The summed E-state index contributed by atoms with van der Waals surface area (Å²) in [6, 6.07) is 17.1. The van der Waals surface area contributed by atoms with Crippen molar-refractivity contribution in [1.82, 2.24) is 14.7 Å². The Balaban J connectivity index is 1.40. The minimum atomic E-state index is -0.222. The monoisotopic (exact) mass is 433 g/mol. The Morgan fingerprint density at radius 1 is 1.03 bits per heavy atom. The van der Waals surface area contributed by atoms with Gasteiger partial charge in [-0.15, -0.1) is 0 Å². The zero-order valence-corrected chi connectivity index (χ0v) is 18.3. The number of fused-ring (bicyclic) bond motifs is 1. The van der Waals surface area contributed by atoms with Crippen LogP contribution in [0.5, 0.6) is 0 Å². The van der Waals surface area contributed by atoms with E-state index in [4.69, 9.17) is 15.2 Å². The van der Waals surface area contributed by atoms with Crippen LogP contribution in [0.1, 0.15) is 30.5 Å². The number of nitrogens with one attached hydrogen (secondary N) is 1. The maximum Gasteiger partial charge on any atom is 0.199 e. The molecule has 0 amide bonds. The van der Waals surface area contributed by atoms with Gasteiger partial charge in [-0.2, -0.15) is 5.10 Å². The van der Waals surface area contributed by atoms with Crippen LogP contribution in [0.2, 0.25) is 0 Å². The first-order valence-corrected chi connectivity index (χ1v) is 11.2. The van der Waals surface area contributed by atoms with Gasteiger partial charge in [-0.1, -0.05) is 49.4 Å². The third-order valence-electron chi connectivity index (χ3n) is 6.39. The van der Waals surface area contributed by atoms with Crippen molar-refractivity contribution in [3.05, 3.63) is 71.7 Å². The molecule has 166 valence electrons. The van der Waals surface area contributed by atoms with Gasteiger partial charge in [0.2, 0.25) is 0 Å². The molecule has 0 radical (unpaired) electrons. The van der Waals surface area contributed by atoms with Crippen molar-refractivity contribution in [3.63, 3.8) is 0 Å². The van der Waals surface area contributed by atoms with Gasteiger partial charge in [-0.3, -0.25) is 10.3 Å². The van der Waals surface area contributed by atoms with Crippen LogP contribution in [0.25, 0.3) is 11.1 Å². The van der Waals surface area contributed by atoms with E-state index in [9.17, 15) is 4.39 Å². The van der Waals surface area contributed by atoms with Crippen LogP contribution in [0.3, 0.4) is 0 Å². The minimum Gasteiger partial charge on any atom is -0.378 e. The summed E-state index contributed by atoms with van der Waals surface area (Å²) in [7, 11) is 0. The summed E-state index contributed by atoms with van der Waals surface area (Å²) in [5, 5.41) is 13.6. The van der Waals surface area contributed by atoms with Crippen molar-refractivity contribution in [2.75, 3.05) is 37.7 Å². The Bertz CT molecular complexity index is 1110. The average Bonchev–Trinajstić information content (AvgIpc) is 3.28. The molecule has 2 aliphatic rings. The lowest BCUT2D eigenvalue weighted by Crippen LogP contribution is -2.50. The minimum absolute atomic E-state index is 0.0492. The highest BCUT2D eigenvalue weighted by Crippen LogP contribution is 2.32. The number of anilines is 1. The summed E-state index contributed by atoms with van der Waals surface area (Å²) in [6.45, 7) is 6.47. The van der Waals surface area contributed by atoms with Crippen molar-refractivity contribution < 1.29 is 9.13 Å². The zero-order valence-electron chi connectivity index (χ0n) is 18.3. The number of hydrogen-bond donors (Lipinski definition) is 1. The smallest absolute Gasteiger partial charge is 0.199 e. The predicted octanol–water partition coefficient (Wildman–Crippen LogP) is 4.32. The van der Waals surface area contributed by atoms with Crippen molar-refractivity contribution in [2.45, 2.75) is 25.8 Å². The Labute approximate surface area is 187 Å². The quantitative estimate of drug-likeness (QED) is 0.494. The molecule has 1 fully saturated rings. The van der Waals surface area contributed by atoms with Crippen molar-refractivity contribution in [3.8, 4) is 11.1 Å². The van der Waals surface area contributed by atoms with Crippen molar-refractivity contribution in [1.29, 1.82) is 5.41 Å². The van der Waals surface area contributed by atoms with E-state index in [0.717, 1.165) is 55.2 Å². The predicted molar refractivity (Wildman–Crippen MR) is 124 cm³/mol. The molecular formula is C25H28FN5O. The van der Waals surface area contributed by atoms with E-state index >= 15 is 0 Å². The molecule has 1 unspecified atom stereocenters. The number of hydrogen-bond acceptors (Lipinski definition) is 3. The second-order valence-corrected chi connectivity index (χ2v) is 8.41. The Morgan fingerprint density at radius 3 is 2.56 bits per heavy atom. The lowest BCUT2D eigenvalue weighted by molar-refractivity contribution is 0.0668. The molecule has 0 aliphatic carbocycles. The van der Waals surface area contributed by atoms with Crippen molar-refractivity contribution >= 4 is 11.8 Å². The molecule has 32 heavy (non-hydrogen) atoms. The van der Waals surface area contributed by atoms with Gasteiger partial charge in [0.15, 0.2) is 5.96 Å². The fraction of sp³-hybridized carbons (Fsp3) is 0.360. The van der Waals surface area contributed by atoms with Crippen LogP contribution in [0.4, 0.5) is 10.2 Å². The highest BCUT2D eigenvalue weighted by atomic mass is 19.1. The molecule has 7 heteroatoms. The largest absolute Gasteiger partial charge is 0.378 e. The highest BCUT2D eigenvalue weighted by molar-refractivity contribution is 5.93. The Morgan fingerprint density at radius 2 is 1.81 bits per heavy atom. The van der Waals surface area contributed by atoms with E-state index in [0.29, 0.717) is 24.7 Å². The Kier molecular flexibility index (Phi) is 5.66. The van der Waals surface area contributed by atoms with Gasteiger partial charge in [0.25, 0.3) is 0 Å². The molecule has 3 aromatic rings. The van der Waals surface area contributed by atoms with Crippen LogP contribution in [-0.2, 0) is 11.3 Å². The normalized spacial score (nSPS) is 17.2. The third kappa shape index (κ3) is 3.88. The van der Waals surface area contributed by atoms with Crippen LogP contribution in [-0.4, -0.2) is 53.5 Å². The molecule has 3 heterocycles. The topological polar surface area (TPSA) is 57.4 Å². The van der Waals surface area contributed by atoms with Gasteiger partial charge in [0.05, 0.1) is 18.9 Å². The van der Waals surface area contributed by atoms with Gasteiger partial charge in [-0.25, -0.2) is 9.07 Å². The van der Waals surface area contributed by atoms with Gasteiger partial charge >= 0.3 is 0 Å². The van der Waals surface area contributed by atoms with Crippen LogP contribution in [0, 0.1) is 11.2 Å². The van der Waals surface area contributed by atoms with Gasteiger partial charge in [0, 0.05) is 43.7 Å². The lowest BCUT2D eigenvalue weighted by Gasteiger charge is -2.37. The molecule has 0 saturated carbocycles. The van der Waals surface area contributed by atoms with Crippen LogP contribution < -0.4 is 4.90 Å². The lowest BCUT2D eigenvalue weighted by atomic mass is 9.95. The zero-order chi connectivity index (χ0) is 22.1. The van der Waals surface area contributed by atoms with Gasteiger partial charge in [-0.05, 0) is 23.6 Å². The molecule has 2 aromatic carbocycles. The summed E-state index contributed by atoms with van der Waals surface area (Å²) in [5.74, 6) is 1.18. The van der Waals surface area contributed by atoms with E-state index in [2.05, 4.69) is 17.9 Å². The SMILES string of the molecule is CC(c1ccc(-c2ccccc2)c(F)c1)c1cc2n(n1)CCCN2C(=N)N1CCOCC1. The van der Waals surface area contributed by atoms with Crippen LogP contribution >= 0.6 is 0 Å². The summed E-state index contributed by atoms with van der Waals surface area (Å²) < 4.78 is 22.4. The van der Waals surface area contributed by atoms with E-state index in [1.54, 1.807) is 6.07 Å². The Hall–Kier alpha value is -3.19. The van der Waals surface area contributed by atoms with Gasteiger partial charge < -0.3 is 9.64 Å². The molecule has 6 nitrogen and oxygen atoms in total. The number of aryl methyl sites for hydroxylation is 1. The molecule has 0 spiro atoms. The first kappa shape index (κ1) is 20.7. The number of halogens is 1. The fourth-order valence-electron chi connectivity index (χ4n) is 4.50. The van der Waals surface area contributed by atoms with E-state index < -0.39 is 0 Å². The molecular weight excluding hydrogens is 405 g/mol. The number of morpholine rings is 1. The molecule has 2 aliphatic heterocycles. The second kappa shape index (κ2) is 8.74. The fourth-order valence-corrected chi connectivity index (χ4v) is 4.50. The summed E-state index contributed by atoms with van der Waals surface area (Å²) in [5.41, 5.74) is 3.27. The molecule has 1 aromatic heterocycles. The molecule has 5 rings (SSSR count). The number of benzene rings is 2. The average molecular weight is 434 g/mol. The number of rotatable bonds is 3. The van der Waals surface area contributed by atoms with Gasteiger partial charge in [0.1, 0.15) is 11.6 Å². The van der Waals surface area contributed by atoms with Crippen LogP contribution in [0.15, 0.2) is 54.6 Å². The molecule has 1 saturated heterocycles.